The number of hydrogen-bond acceptors (Lipinski definition) is 32. The number of unbranched alkanes of at least 4 members (excludes halogenated alkanes) is 18. The number of aliphatic hydroxyl groups excluding tert-OH is 1. The van der Waals surface area contributed by atoms with Crippen molar-refractivity contribution in [2.24, 2.45) is 11.8 Å². The summed E-state index contributed by atoms with van der Waals surface area (Å²) in [6.45, 7) is 10.9. The molecular weight excluding hydrogens is 1860 g/mol. The van der Waals surface area contributed by atoms with Gasteiger partial charge in [0.15, 0.2) is 11.4 Å². The van der Waals surface area contributed by atoms with Gasteiger partial charge in [-0.25, -0.2) is 24.0 Å². The van der Waals surface area contributed by atoms with Gasteiger partial charge in [0.05, 0.1) is 41.9 Å². The summed E-state index contributed by atoms with van der Waals surface area (Å²) in [6.07, 6.45) is 21.9. The zero-order valence-corrected chi connectivity index (χ0v) is 79.4. The van der Waals surface area contributed by atoms with E-state index < -0.39 is 150 Å². The lowest BCUT2D eigenvalue weighted by Gasteiger charge is -2.19. The first-order chi connectivity index (χ1) is 65.3. The largest absolute Gasteiger partial charge is 0.481 e. The van der Waals surface area contributed by atoms with Crippen molar-refractivity contribution in [3.63, 3.8) is 0 Å². The van der Waals surface area contributed by atoms with Crippen molar-refractivity contribution in [3.05, 3.63) is 120 Å². The highest BCUT2D eigenvalue weighted by Crippen LogP contribution is 2.18. The van der Waals surface area contributed by atoms with Gasteiger partial charge in [0, 0.05) is 76.7 Å². The van der Waals surface area contributed by atoms with Gasteiger partial charge in [-0.15, -0.1) is 0 Å². The van der Waals surface area contributed by atoms with Crippen LogP contribution in [0.2, 0.25) is 0 Å². The predicted octanol–water partition coefficient (Wildman–Crippen LogP) is 11.0. The second kappa shape index (κ2) is 107. The summed E-state index contributed by atoms with van der Waals surface area (Å²) >= 11 is 0. The number of carbonyl (C=O) groups is 22. The van der Waals surface area contributed by atoms with E-state index in [4.69, 9.17) is 115 Å². The van der Waals surface area contributed by atoms with E-state index in [2.05, 4.69) is 0 Å². The van der Waals surface area contributed by atoms with E-state index in [1.165, 1.54) is 33.1 Å². The van der Waals surface area contributed by atoms with E-state index >= 15 is 0 Å². The molecule has 0 aliphatic rings. The lowest BCUT2D eigenvalue weighted by atomic mass is 9.94. The Labute approximate surface area is 806 Å². The van der Waals surface area contributed by atoms with Crippen LogP contribution in [-0.4, -0.2) is 248 Å². The van der Waals surface area contributed by atoms with Crippen molar-refractivity contribution in [2.45, 2.75) is 298 Å². The molecule has 4 atom stereocenters. The normalized spacial score (nSPS) is 10.3. The monoisotopic (exact) mass is 2000 g/mol. The maximum Gasteiger partial charge on any atom is 0.373 e. The first-order valence-corrected chi connectivity index (χ1v) is 42.6. The third kappa shape index (κ3) is 143. The van der Waals surface area contributed by atoms with E-state index in [9.17, 15) is 111 Å². The lowest BCUT2D eigenvalue weighted by molar-refractivity contribution is -0.193. The van der Waals surface area contributed by atoms with Crippen LogP contribution in [-0.2, 0) is 134 Å². The van der Waals surface area contributed by atoms with Gasteiger partial charge in [-0.2, -0.15) is 38.4 Å². The van der Waals surface area contributed by atoms with Crippen LogP contribution in [0.25, 0.3) is 0 Å². The van der Waals surface area contributed by atoms with Crippen LogP contribution in [0.1, 0.15) is 307 Å². The highest BCUT2D eigenvalue weighted by atomic mass is 16.4. The van der Waals surface area contributed by atoms with Crippen molar-refractivity contribution in [3.8, 4) is 0 Å². The molecule has 0 spiro atoms. The standard InChI is InChI=1S/C13H24O3.C11H20O3.C10H18O3.C8H14O3.2C7H10O6.C7H10O5.C7H8O5.2C7H6O2.C6H6.4CO2/c1-12(14)10-8-6-4-2-3-5-7-9-11-13(15)16;1-10(12)8-6-4-2-3-5-7-9-11(13)14;1-9(11)7-5-3-2-4-6-8-10(12)13;1-7(9)5-3-2-4-6-8(10)11;1-4(8)2-7(13,6(11)12)3-5(9)10;1-3(8)6(11)4(7(12)13)2-5(9)10;2*1-4(8)2-5(7(11)12)3-6(9)10;2*8-7(9)6-4-2-1-3-5-6;1-2-4-6-5-3-1;4*2-1-3/h2-11H2,1H3,(H,15,16);2-9H2,1H3,(H,13,14);2-8H2,1H3,(H,12,13);2-6H2,1H3,(H,10,11);13H,2-3H2,1H3,(H,9,10)(H,11,12);4,6,11H,2H2,1H3,(H,9,10)(H,12,13);5H,2-3H2,1H3,(H,9,10)(H,11,12);3H,2H2,1H3,(H,9,10)(H,11,12);2*1-5H,(H,8,9);1-6H;;;;/b;;;;;;;5-3-;;;;;;;. The van der Waals surface area contributed by atoms with Gasteiger partial charge in [-0.05, 0) is 131 Å². The number of aliphatic carboxylic acids is 12. The van der Waals surface area contributed by atoms with E-state index in [1.54, 1.807) is 88.4 Å². The summed E-state index contributed by atoms with van der Waals surface area (Å²) in [5.41, 5.74) is -2.23. The topological polar surface area (TPSA) is 836 Å². The summed E-state index contributed by atoms with van der Waals surface area (Å²) in [4.78, 5) is 292. The van der Waals surface area contributed by atoms with Crippen LogP contribution in [0.3, 0.4) is 0 Å². The average Bonchev–Trinajstić information content (AvgIpc) is 0.853. The van der Waals surface area contributed by atoms with E-state index in [0.29, 0.717) is 49.3 Å². The number of carboxylic acids is 14. The number of rotatable bonds is 55. The summed E-state index contributed by atoms with van der Waals surface area (Å²) in [6, 6.07) is 28.6. The molecule has 16 N–H and O–H groups in total. The van der Waals surface area contributed by atoms with Gasteiger partial charge in [-0.3, -0.25) is 57.5 Å². The molecule has 3 aromatic carbocycles. The molecule has 0 saturated heterocycles. The first-order valence-electron chi connectivity index (χ1n) is 42.6. The second-order valence-corrected chi connectivity index (χ2v) is 29.1. The van der Waals surface area contributed by atoms with Gasteiger partial charge >= 0.3 is 108 Å². The molecule has 140 heavy (non-hydrogen) atoms. The molecular formula is C94H132O46. The summed E-state index contributed by atoms with van der Waals surface area (Å²) in [5.74, 6) is -19.6. The number of aliphatic hydroxyl groups is 2. The quantitative estimate of drug-likeness (QED) is 0.0184. The third-order valence-electron chi connectivity index (χ3n) is 16.1. The SMILES string of the molecule is CC(=O)C(O)C(CC(=O)O)C(=O)O.CC(=O)C/C(=C/C(=O)O)C(=O)O.CC(=O)CC(CC(=O)O)C(=O)O.CC(=O)CC(O)(CC(=O)O)C(=O)O.CC(=O)CCCCCC(=O)O.CC(=O)CCCCCCCC(=O)O.CC(=O)CCCCCCCCC(=O)O.CC(=O)CCCCCCCCCCC(=O)O.O=C(O)c1ccccc1.O=C(O)c1ccccc1.O=C=O.O=C=O.O=C=O.O=C=O.c1ccccc1. The molecule has 0 aliphatic heterocycles. The maximum atomic E-state index is 10.7. The molecule has 0 fully saturated rings. The van der Waals surface area contributed by atoms with Gasteiger partial charge in [0.2, 0.25) is 0 Å². The number of carboxylic acid groups (broad SMARTS) is 14. The summed E-state index contributed by atoms with van der Waals surface area (Å²) in [5, 5.41) is 135. The number of Topliss-reactive ketones (excluding diaryl/α,β-unsaturated/α-hetero) is 8. The van der Waals surface area contributed by atoms with Gasteiger partial charge in [0.25, 0.3) is 0 Å². The van der Waals surface area contributed by atoms with Crippen LogP contribution >= 0.6 is 0 Å². The molecule has 46 nitrogen and oxygen atoms in total. The molecule has 46 heteroatoms. The number of carbonyl (C=O) groups excluding carboxylic acids is 16. The minimum absolute atomic E-state index is 0.181. The molecule has 0 bridgehead atoms. The van der Waals surface area contributed by atoms with Crippen LogP contribution in [0, 0.1) is 11.8 Å². The van der Waals surface area contributed by atoms with Crippen molar-refractivity contribution >= 4 is 154 Å². The highest BCUT2D eigenvalue weighted by Gasteiger charge is 2.40. The van der Waals surface area contributed by atoms with Gasteiger partial charge in [-0.1, -0.05) is 163 Å². The smallest absolute Gasteiger partial charge is 0.373 e. The van der Waals surface area contributed by atoms with Crippen LogP contribution in [0.15, 0.2) is 109 Å². The number of hydrogen-bond donors (Lipinski definition) is 16. The Bertz CT molecular complexity index is 4000. The van der Waals surface area contributed by atoms with Gasteiger partial charge < -0.3 is 106 Å². The highest BCUT2D eigenvalue weighted by molar-refractivity contribution is 5.99. The zero-order valence-electron chi connectivity index (χ0n) is 79.4. The number of aromatic carboxylic acids is 2. The minimum Gasteiger partial charge on any atom is -0.481 e. The maximum absolute atomic E-state index is 10.7. The molecule has 0 aliphatic carbocycles. The molecule has 0 amide bonds. The molecule has 0 radical (unpaired) electrons. The molecule has 3 rings (SSSR count). The fraction of sp³-hybridized carbons (Fsp3) is 0.511. The summed E-state index contributed by atoms with van der Waals surface area (Å²) < 4.78 is 0. The van der Waals surface area contributed by atoms with Crippen molar-refractivity contribution in [2.75, 3.05) is 0 Å². The fourth-order valence-electron chi connectivity index (χ4n) is 9.71. The minimum atomic E-state index is -2.49. The molecule has 784 valence electrons. The zero-order chi connectivity index (χ0) is 111. The van der Waals surface area contributed by atoms with E-state index in [1.807, 2.05) is 36.4 Å². The third-order valence-corrected chi connectivity index (χ3v) is 16.1. The first kappa shape index (κ1) is 150. The van der Waals surface area contributed by atoms with Gasteiger partial charge in [0.1, 0.15) is 52.5 Å². The van der Waals surface area contributed by atoms with Crippen LogP contribution < -0.4 is 0 Å². The predicted molar refractivity (Wildman–Crippen MR) is 483 cm³/mol. The molecule has 0 aromatic heterocycles. The Morgan fingerprint density at radius 1 is 0.286 bits per heavy atom. The van der Waals surface area contributed by atoms with Crippen LogP contribution in [0.4, 0.5) is 0 Å². The van der Waals surface area contributed by atoms with E-state index in [-0.39, 0.29) is 91.4 Å². The average molecular weight is 2000 g/mol. The molecule has 3 aromatic rings. The Morgan fingerprint density at radius 3 is 0.693 bits per heavy atom. The second-order valence-electron chi connectivity index (χ2n) is 29.1. The van der Waals surface area contributed by atoms with Crippen molar-refractivity contribution in [1.82, 2.24) is 0 Å². The molecule has 4 unspecified atom stereocenters. The molecule has 0 heterocycles. The number of benzene rings is 3. The summed E-state index contributed by atoms with van der Waals surface area (Å²) in [7, 11) is 0. The fourth-order valence-corrected chi connectivity index (χ4v) is 9.71. The van der Waals surface area contributed by atoms with Crippen LogP contribution in [0.5, 0.6) is 0 Å². The van der Waals surface area contributed by atoms with Crippen molar-refractivity contribution < 1.29 is 226 Å². The Balaban J connectivity index is -0.000000128. The number of ketones is 8. The lowest BCUT2D eigenvalue weighted by Crippen LogP contribution is -2.42. The van der Waals surface area contributed by atoms with E-state index in [0.717, 1.165) is 136 Å². The Kier molecular flexibility index (Phi) is 115. The van der Waals surface area contributed by atoms with Crippen molar-refractivity contribution in [1.29, 1.82) is 0 Å². The Hall–Kier alpha value is -15.2. The Morgan fingerprint density at radius 2 is 0.529 bits per heavy atom. The molecule has 0 saturated carbocycles.